The zero-order chi connectivity index (χ0) is 14.2. The number of H-pyrrole nitrogens is 1. The number of aromatic amines is 1. The molecule has 0 saturated carbocycles. The molecule has 0 amide bonds. The Balaban J connectivity index is 2.84. The number of para-hydroxylation sites is 1. The van der Waals surface area contributed by atoms with Crippen molar-refractivity contribution in [1.82, 2.24) is 9.55 Å². The number of fused-ring (bicyclic) bond motifs is 1. The molecule has 1 aromatic carbocycles. The summed E-state index contributed by atoms with van der Waals surface area (Å²) in [5.74, 6) is -1.62. The number of hydrogen-bond donors (Lipinski definition) is 1. The molecule has 0 bridgehead atoms. The van der Waals surface area contributed by atoms with Crippen LogP contribution in [0, 0.1) is 10.7 Å². The maximum absolute atomic E-state index is 12.4. The van der Waals surface area contributed by atoms with Gasteiger partial charge < -0.3 is 14.9 Å². The lowest BCUT2D eigenvalue weighted by atomic mass is 10.0. The maximum atomic E-state index is 12.4. The topological polar surface area (TPSA) is 77.9 Å². The summed E-state index contributed by atoms with van der Waals surface area (Å²) < 4.78 is 1.17. The van der Waals surface area contributed by atoms with E-state index < -0.39 is 17.6 Å². The molecule has 1 N–H and O–H groups in total. The van der Waals surface area contributed by atoms with E-state index in [2.05, 4.69) is 4.98 Å². The molecule has 0 aliphatic carbocycles. The molecule has 1 aromatic heterocycles. The number of aliphatic carboxylic acids is 1. The first-order valence-electron chi connectivity index (χ1n) is 5.88. The average molecular weight is 277 g/mol. The molecule has 0 aliphatic heterocycles. The Morgan fingerprint density at radius 3 is 2.58 bits per heavy atom. The molecular weight excluding hydrogens is 264 g/mol. The van der Waals surface area contributed by atoms with Crippen LogP contribution in [0.25, 0.3) is 10.9 Å². The molecule has 5 nitrogen and oxygen atoms in total. The van der Waals surface area contributed by atoms with Gasteiger partial charge in [-0.1, -0.05) is 26.0 Å². The molecule has 1 atom stereocenters. The SMILES string of the molecule is CC(C)[C@@H](C(=O)[O-])n1c(=S)[nH]c2ccccc2c1=O. The third-order valence-corrected chi connectivity index (χ3v) is 3.29. The summed E-state index contributed by atoms with van der Waals surface area (Å²) >= 11 is 5.10. The Morgan fingerprint density at radius 1 is 1.37 bits per heavy atom. The van der Waals surface area contributed by atoms with E-state index in [9.17, 15) is 14.7 Å². The van der Waals surface area contributed by atoms with E-state index in [0.29, 0.717) is 10.9 Å². The van der Waals surface area contributed by atoms with E-state index in [1.54, 1.807) is 38.1 Å². The van der Waals surface area contributed by atoms with E-state index in [1.165, 1.54) is 0 Å². The quantitative estimate of drug-likeness (QED) is 0.849. The van der Waals surface area contributed by atoms with Gasteiger partial charge in [-0.25, -0.2) is 0 Å². The number of carboxylic acids is 1. The standard InChI is InChI=1S/C13H14N2O3S/c1-7(2)10(12(17)18)15-11(16)8-5-3-4-6-9(8)14-13(15)19/h3-7,10H,1-2H3,(H,14,19)(H,17,18)/p-1/t10-/m0/s1. The molecule has 1 heterocycles. The van der Waals surface area contributed by atoms with Crippen LogP contribution in [0.2, 0.25) is 0 Å². The van der Waals surface area contributed by atoms with E-state index in [-0.39, 0.29) is 10.7 Å². The van der Waals surface area contributed by atoms with Gasteiger partial charge in [0, 0.05) is 0 Å². The Hall–Kier alpha value is -1.95. The van der Waals surface area contributed by atoms with Crippen LogP contribution in [0.15, 0.2) is 29.1 Å². The van der Waals surface area contributed by atoms with Gasteiger partial charge in [0.15, 0.2) is 4.77 Å². The second-order valence-corrected chi connectivity index (χ2v) is 5.05. The van der Waals surface area contributed by atoms with Crippen molar-refractivity contribution < 1.29 is 9.90 Å². The minimum atomic E-state index is -1.31. The van der Waals surface area contributed by atoms with Gasteiger partial charge in [0.25, 0.3) is 5.56 Å². The zero-order valence-corrected chi connectivity index (χ0v) is 11.4. The summed E-state index contributed by atoms with van der Waals surface area (Å²) in [6, 6.07) is 5.76. The summed E-state index contributed by atoms with van der Waals surface area (Å²) in [5, 5.41) is 11.7. The number of aromatic nitrogens is 2. The number of rotatable bonds is 3. The third kappa shape index (κ3) is 2.31. The molecule has 0 saturated heterocycles. The van der Waals surface area contributed by atoms with Crippen molar-refractivity contribution in [3.05, 3.63) is 39.4 Å². The van der Waals surface area contributed by atoms with Crippen molar-refractivity contribution in [3.8, 4) is 0 Å². The maximum Gasteiger partial charge on any atom is 0.262 e. The number of hydrogen-bond acceptors (Lipinski definition) is 4. The van der Waals surface area contributed by atoms with E-state index in [4.69, 9.17) is 12.2 Å². The fraction of sp³-hybridized carbons (Fsp3) is 0.308. The molecule has 0 spiro atoms. The smallest absolute Gasteiger partial charge is 0.262 e. The molecule has 2 aromatic rings. The first-order valence-corrected chi connectivity index (χ1v) is 6.28. The Kier molecular flexibility index (Phi) is 3.53. The monoisotopic (exact) mass is 277 g/mol. The molecule has 6 heteroatoms. The van der Waals surface area contributed by atoms with Crippen LogP contribution in [0.4, 0.5) is 0 Å². The van der Waals surface area contributed by atoms with Crippen LogP contribution in [0.5, 0.6) is 0 Å². The lowest BCUT2D eigenvalue weighted by Gasteiger charge is -2.24. The van der Waals surface area contributed by atoms with Crippen molar-refractivity contribution in [2.45, 2.75) is 19.9 Å². The summed E-state index contributed by atoms with van der Waals surface area (Å²) in [5.41, 5.74) is 0.178. The summed E-state index contributed by atoms with van der Waals surface area (Å²) in [7, 11) is 0. The lowest BCUT2D eigenvalue weighted by molar-refractivity contribution is -0.311. The van der Waals surface area contributed by atoms with Crippen LogP contribution >= 0.6 is 12.2 Å². The van der Waals surface area contributed by atoms with Gasteiger partial charge in [-0.05, 0) is 30.3 Å². The van der Waals surface area contributed by atoms with Crippen molar-refractivity contribution in [3.63, 3.8) is 0 Å². The van der Waals surface area contributed by atoms with Crippen LogP contribution in [-0.4, -0.2) is 15.5 Å². The zero-order valence-electron chi connectivity index (χ0n) is 10.5. The first kappa shape index (κ1) is 13.5. The minimum absolute atomic E-state index is 0.0894. The number of carbonyl (C=O) groups excluding carboxylic acids is 1. The van der Waals surface area contributed by atoms with Gasteiger partial charge in [-0.15, -0.1) is 0 Å². The number of carbonyl (C=O) groups is 1. The van der Waals surface area contributed by atoms with Crippen LogP contribution in [-0.2, 0) is 4.79 Å². The highest BCUT2D eigenvalue weighted by Gasteiger charge is 2.20. The van der Waals surface area contributed by atoms with Crippen LogP contribution in [0.1, 0.15) is 19.9 Å². The highest BCUT2D eigenvalue weighted by molar-refractivity contribution is 7.71. The number of benzene rings is 1. The Labute approximate surface area is 114 Å². The van der Waals surface area contributed by atoms with E-state index >= 15 is 0 Å². The lowest BCUT2D eigenvalue weighted by Crippen LogP contribution is -2.41. The molecule has 19 heavy (non-hydrogen) atoms. The number of nitrogens with zero attached hydrogens (tertiary/aromatic N) is 1. The van der Waals surface area contributed by atoms with Gasteiger partial charge in [0.1, 0.15) is 0 Å². The van der Waals surface area contributed by atoms with Gasteiger partial charge in [-0.2, -0.15) is 0 Å². The Morgan fingerprint density at radius 2 is 2.00 bits per heavy atom. The molecule has 0 fully saturated rings. The highest BCUT2D eigenvalue weighted by atomic mass is 32.1. The van der Waals surface area contributed by atoms with Crippen LogP contribution in [0.3, 0.4) is 0 Å². The third-order valence-electron chi connectivity index (χ3n) is 2.99. The van der Waals surface area contributed by atoms with Gasteiger partial charge >= 0.3 is 0 Å². The minimum Gasteiger partial charge on any atom is -0.548 e. The fourth-order valence-electron chi connectivity index (χ4n) is 2.10. The van der Waals surface area contributed by atoms with Crippen molar-refractivity contribution >= 4 is 29.1 Å². The van der Waals surface area contributed by atoms with Crippen LogP contribution < -0.4 is 10.7 Å². The van der Waals surface area contributed by atoms with Crippen molar-refractivity contribution in [1.29, 1.82) is 0 Å². The normalized spacial score (nSPS) is 12.8. The van der Waals surface area contributed by atoms with Crippen molar-refractivity contribution in [2.75, 3.05) is 0 Å². The van der Waals surface area contributed by atoms with Crippen molar-refractivity contribution in [2.24, 2.45) is 5.92 Å². The van der Waals surface area contributed by atoms with Gasteiger partial charge in [-0.3, -0.25) is 9.36 Å². The predicted octanol–water partition coefficient (Wildman–Crippen LogP) is 1.01. The van der Waals surface area contributed by atoms with E-state index in [0.717, 1.165) is 4.57 Å². The second-order valence-electron chi connectivity index (χ2n) is 4.66. The number of nitrogens with one attached hydrogen (secondary N) is 1. The summed E-state index contributed by atoms with van der Waals surface area (Å²) in [4.78, 5) is 26.5. The highest BCUT2D eigenvalue weighted by Crippen LogP contribution is 2.17. The molecule has 2 rings (SSSR count). The molecule has 100 valence electrons. The summed E-state index contributed by atoms with van der Waals surface area (Å²) in [6.07, 6.45) is 0. The average Bonchev–Trinajstić information content (AvgIpc) is 2.33. The molecule has 0 radical (unpaired) electrons. The van der Waals surface area contributed by atoms with E-state index in [1.807, 2.05) is 0 Å². The largest absolute Gasteiger partial charge is 0.548 e. The number of carboxylic acid groups (broad SMARTS) is 1. The van der Waals surface area contributed by atoms with Gasteiger partial charge in [0.2, 0.25) is 0 Å². The summed E-state index contributed by atoms with van der Waals surface area (Å²) in [6.45, 7) is 3.41. The van der Waals surface area contributed by atoms with Gasteiger partial charge in [0.05, 0.1) is 22.9 Å². The molecule has 0 unspecified atom stereocenters. The second kappa shape index (κ2) is 4.97. The fourth-order valence-corrected chi connectivity index (χ4v) is 2.41. The molecular formula is C13H13N2O3S-. The first-order chi connectivity index (χ1) is 8.93. The Bertz CT molecular complexity index is 745. The predicted molar refractivity (Wildman–Crippen MR) is 72.3 cm³/mol. The molecule has 0 aliphatic rings.